The summed E-state index contributed by atoms with van der Waals surface area (Å²) in [7, 11) is -3.34. The summed E-state index contributed by atoms with van der Waals surface area (Å²) in [5.74, 6) is -2.51. The van der Waals surface area contributed by atoms with Gasteiger partial charge in [0.1, 0.15) is 16.4 Å². The Balaban J connectivity index is 4.07. The minimum Gasteiger partial charge on any atom is -0.480 e. The molecule has 0 aromatic rings. The van der Waals surface area contributed by atoms with E-state index in [0.717, 1.165) is 6.26 Å². The van der Waals surface area contributed by atoms with E-state index >= 15 is 0 Å². The zero-order chi connectivity index (χ0) is 11.4. The summed E-state index contributed by atoms with van der Waals surface area (Å²) in [4.78, 5) is 21.0. The number of rotatable bonds is 5. The highest BCUT2D eigenvalue weighted by molar-refractivity contribution is 7.90. The number of aliphatic carboxylic acids is 1. The maximum Gasteiger partial charge on any atom is 0.322 e. The van der Waals surface area contributed by atoms with Crippen LogP contribution in [0, 0.1) is 0 Å². The average Bonchev–Trinajstić information content (AvgIpc) is 1.96. The van der Waals surface area contributed by atoms with Crippen LogP contribution in [-0.4, -0.2) is 50.0 Å². The van der Waals surface area contributed by atoms with Crippen LogP contribution in [0.1, 0.15) is 0 Å². The van der Waals surface area contributed by atoms with Crippen molar-refractivity contribution in [3.63, 3.8) is 0 Å². The lowest BCUT2D eigenvalue weighted by Crippen LogP contribution is -2.46. The maximum atomic E-state index is 11.0. The number of carboxylic acid groups (broad SMARTS) is 1. The van der Waals surface area contributed by atoms with Gasteiger partial charge in [-0.1, -0.05) is 0 Å². The summed E-state index contributed by atoms with van der Waals surface area (Å²) in [5, 5.41) is 10.2. The Morgan fingerprint density at radius 1 is 1.50 bits per heavy atom. The molecular formula is C6H12N2O5S. The first-order valence-electron chi connectivity index (χ1n) is 3.65. The molecular weight excluding hydrogens is 212 g/mol. The zero-order valence-electron chi connectivity index (χ0n) is 7.56. The molecule has 0 radical (unpaired) electrons. The van der Waals surface area contributed by atoms with Crippen molar-refractivity contribution in [1.29, 1.82) is 0 Å². The molecule has 0 unspecified atom stereocenters. The molecule has 1 amide bonds. The molecule has 14 heavy (non-hydrogen) atoms. The van der Waals surface area contributed by atoms with Crippen molar-refractivity contribution in [2.45, 2.75) is 6.04 Å². The van der Waals surface area contributed by atoms with Crippen molar-refractivity contribution in [2.24, 2.45) is 5.73 Å². The molecule has 1 atom stereocenters. The van der Waals surface area contributed by atoms with Gasteiger partial charge in [0, 0.05) is 6.26 Å². The fraction of sp³-hybridized carbons (Fsp3) is 0.667. The van der Waals surface area contributed by atoms with Crippen LogP contribution in [0.3, 0.4) is 0 Å². The van der Waals surface area contributed by atoms with Gasteiger partial charge >= 0.3 is 5.97 Å². The third kappa shape index (κ3) is 6.38. The third-order valence-electron chi connectivity index (χ3n) is 1.23. The van der Waals surface area contributed by atoms with E-state index in [-0.39, 0.29) is 0 Å². The largest absolute Gasteiger partial charge is 0.480 e. The van der Waals surface area contributed by atoms with E-state index in [0.29, 0.717) is 0 Å². The van der Waals surface area contributed by atoms with E-state index in [1.165, 1.54) is 0 Å². The van der Waals surface area contributed by atoms with Crippen LogP contribution < -0.4 is 11.1 Å². The Kier molecular flexibility index (Phi) is 4.51. The van der Waals surface area contributed by atoms with Crippen LogP contribution in [0.2, 0.25) is 0 Å². The summed E-state index contributed by atoms with van der Waals surface area (Å²) >= 11 is 0. The minimum absolute atomic E-state index is 0.502. The number of nitrogens with two attached hydrogens (primary N) is 1. The first kappa shape index (κ1) is 12.8. The van der Waals surface area contributed by atoms with Crippen molar-refractivity contribution in [2.75, 3.05) is 18.6 Å². The smallest absolute Gasteiger partial charge is 0.322 e. The average molecular weight is 224 g/mol. The lowest BCUT2D eigenvalue weighted by atomic mass is 10.3. The number of sulfone groups is 1. The highest BCUT2D eigenvalue weighted by Crippen LogP contribution is 1.88. The van der Waals surface area contributed by atoms with Crippen molar-refractivity contribution < 1.29 is 23.1 Å². The fourth-order valence-electron chi connectivity index (χ4n) is 0.696. The van der Waals surface area contributed by atoms with E-state index in [4.69, 9.17) is 10.8 Å². The van der Waals surface area contributed by atoms with E-state index in [1.807, 2.05) is 5.32 Å². The van der Waals surface area contributed by atoms with Gasteiger partial charge in [-0.3, -0.25) is 9.59 Å². The van der Waals surface area contributed by atoms with Crippen LogP contribution in [0.5, 0.6) is 0 Å². The third-order valence-corrected chi connectivity index (χ3v) is 2.20. The number of hydrogen-bond donors (Lipinski definition) is 3. The minimum atomic E-state index is -3.34. The van der Waals surface area contributed by atoms with Crippen LogP contribution in [0.15, 0.2) is 0 Å². The summed E-state index contributed by atoms with van der Waals surface area (Å²) < 4.78 is 21.4. The Hall–Kier alpha value is -1.15. The van der Waals surface area contributed by atoms with Crippen LogP contribution in [-0.2, 0) is 19.4 Å². The Bertz CT molecular complexity index is 323. The van der Waals surface area contributed by atoms with Gasteiger partial charge in [0.05, 0.1) is 11.8 Å². The van der Waals surface area contributed by atoms with Crippen LogP contribution >= 0.6 is 0 Å². The van der Waals surface area contributed by atoms with E-state index in [2.05, 4.69) is 0 Å². The highest BCUT2D eigenvalue weighted by Gasteiger charge is 2.18. The summed E-state index contributed by atoms with van der Waals surface area (Å²) in [6.45, 7) is -0.573. The molecule has 0 saturated heterocycles. The molecule has 0 aromatic heterocycles. The normalized spacial score (nSPS) is 13.3. The first-order chi connectivity index (χ1) is 6.22. The predicted molar refractivity (Wildman–Crippen MR) is 48.3 cm³/mol. The zero-order valence-corrected chi connectivity index (χ0v) is 8.37. The number of carbonyl (C=O) groups excluding carboxylic acids is 1. The first-order valence-corrected chi connectivity index (χ1v) is 5.71. The second-order valence-corrected chi connectivity index (χ2v) is 5.00. The molecule has 0 heterocycles. The Labute approximate surface area is 81.2 Å². The number of nitrogens with one attached hydrogen (secondary N) is 1. The van der Waals surface area contributed by atoms with Gasteiger partial charge in [0.2, 0.25) is 5.91 Å². The van der Waals surface area contributed by atoms with Gasteiger partial charge in [-0.2, -0.15) is 0 Å². The van der Waals surface area contributed by atoms with Gasteiger partial charge in [-0.05, 0) is 0 Å². The monoisotopic (exact) mass is 224 g/mol. The molecule has 0 aliphatic rings. The molecule has 7 nitrogen and oxygen atoms in total. The quantitative estimate of drug-likeness (QED) is 0.476. The fourth-order valence-corrected chi connectivity index (χ4v) is 1.50. The number of carboxylic acids is 1. The molecule has 8 heteroatoms. The molecule has 0 aliphatic heterocycles. The van der Waals surface area contributed by atoms with Gasteiger partial charge in [-0.15, -0.1) is 0 Å². The van der Waals surface area contributed by atoms with E-state index < -0.39 is 40.1 Å². The number of carbonyl (C=O) groups is 2. The molecule has 0 rings (SSSR count). The number of hydrogen-bond acceptors (Lipinski definition) is 5. The highest BCUT2D eigenvalue weighted by atomic mass is 32.2. The summed E-state index contributed by atoms with van der Waals surface area (Å²) in [6, 6.07) is -1.23. The molecule has 0 fully saturated rings. The maximum absolute atomic E-state index is 11.0. The SMILES string of the molecule is CS(=O)(=O)C[C@H](N)C(=O)NCC(=O)O. The molecule has 0 aliphatic carbocycles. The summed E-state index contributed by atoms with van der Waals surface area (Å²) in [6.07, 6.45) is 0.942. The van der Waals surface area contributed by atoms with Crippen molar-refractivity contribution in [3.05, 3.63) is 0 Å². The molecule has 0 spiro atoms. The molecule has 82 valence electrons. The second-order valence-electron chi connectivity index (χ2n) is 2.81. The lowest BCUT2D eigenvalue weighted by Gasteiger charge is -2.09. The van der Waals surface area contributed by atoms with Crippen molar-refractivity contribution in [1.82, 2.24) is 5.32 Å². The van der Waals surface area contributed by atoms with Gasteiger partial charge in [-0.25, -0.2) is 8.42 Å². The second kappa shape index (κ2) is 4.91. The molecule has 0 bridgehead atoms. The molecule has 0 aromatic carbocycles. The lowest BCUT2D eigenvalue weighted by molar-refractivity contribution is -0.138. The van der Waals surface area contributed by atoms with E-state index in [9.17, 15) is 18.0 Å². The Morgan fingerprint density at radius 3 is 2.36 bits per heavy atom. The van der Waals surface area contributed by atoms with Gasteiger partial charge < -0.3 is 16.2 Å². The molecule has 4 N–H and O–H groups in total. The number of amides is 1. The summed E-state index contributed by atoms with van der Waals surface area (Å²) in [5.41, 5.74) is 5.21. The van der Waals surface area contributed by atoms with Gasteiger partial charge in [0.25, 0.3) is 0 Å². The Morgan fingerprint density at radius 2 is 2.00 bits per heavy atom. The predicted octanol–water partition coefficient (Wildman–Crippen LogP) is -2.44. The molecule has 0 saturated carbocycles. The van der Waals surface area contributed by atoms with Crippen molar-refractivity contribution >= 4 is 21.7 Å². The van der Waals surface area contributed by atoms with E-state index in [1.54, 1.807) is 0 Å². The van der Waals surface area contributed by atoms with Crippen LogP contribution in [0.25, 0.3) is 0 Å². The van der Waals surface area contributed by atoms with Crippen LogP contribution in [0.4, 0.5) is 0 Å². The topological polar surface area (TPSA) is 127 Å². The van der Waals surface area contributed by atoms with Crippen molar-refractivity contribution in [3.8, 4) is 0 Å². The van der Waals surface area contributed by atoms with Gasteiger partial charge in [0.15, 0.2) is 0 Å². The standard InChI is InChI=1S/C6H12N2O5S/c1-14(12,13)3-4(7)6(11)8-2-5(9)10/h4H,2-3,7H2,1H3,(H,8,11)(H,9,10)/t4-/m0/s1.